The molecule has 0 saturated carbocycles. The van der Waals surface area contributed by atoms with E-state index in [4.69, 9.17) is 0 Å². The van der Waals surface area contributed by atoms with Gasteiger partial charge in [0.2, 0.25) is 5.41 Å². The Balaban J connectivity index is 2.81. The summed E-state index contributed by atoms with van der Waals surface area (Å²) in [5.74, 6) is -1.96. The highest BCUT2D eigenvalue weighted by Gasteiger charge is 2.63. The van der Waals surface area contributed by atoms with Gasteiger partial charge in [-0.15, -0.1) is 0 Å². The van der Waals surface area contributed by atoms with Crippen molar-refractivity contribution in [2.75, 3.05) is 0 Å². The van der Waals surface area contributed by atoms with Crippen LogP contribution in [0.4, 0.5) is 13.2 Å². The highest BCUT2D eigenvalue weighted by Crippen LogP contribution is 2.46. The molecular formula is C15H10F3O2. The number of halogens is 3. The van der Waals surface area contributed by atoms with Gasteiger partial charge in [0.1, 0.15) is 0 Å². The number of carboxylic acids is 1. The van der Waals surface area contributed by atoms with Crippen LogP contribution in [0.15, 0.2) is 54.6 Å². The van der Waals surface area contributed by atoms with E-state index < -0.39 is 17.6 Å². The van der Waals surface area contributed by atoms with Crippen LogP contribution in [0.5, 0.6) is 0 Å². The molecule has 103 valence electrons. The Morgan fingerprint density at radius 1 is 0.950 bits per heavy atom. The minimum Gasteiger partial charge on any atom is -0.480 e. The van der Waals surface area contributed by atoms with E-state index in [0.29, 0.717) is 0 Å². The monoisotopic (exact) mass is 279 g/mol. The summed E-state index contributed by atoms with van der Waals surface area (Å²) in [5, 5.41) is 9.34. The van der Waals surface area contributed by atoms with Gasteiger partial charge >= 0.3 is 12.1 Å². The van der Waals surface area contributed by atoms with Crippen LogP contribution >= 0.6 is 0 Å². The zero-order chi connectivity index (χ0) is 14.8. The molecule has 0 bridgehead atoms. The molecule has 2 nitrogen and oxygen atoms in total. The maximum atomic E-state index is 13.6. The van der Waals surface area contributed by atoms with Gasteiger partial charge in [-0.1, -0.05) is 54.6 Å². The molecule has 0 aliphatic heterocycles. The second-order valence-electron chi connectivity index (χ2n) is 4.21. The molecular weight excluding hydrogens is 269 g/mol. The van der Waals surface area contributed by atoms with E-state index >= 15 is 0 Å². The fourth-order valence-electron chi connectivity index (χ4n) is 2.19. The van der Waals surface area contributed by atoms with Gasteiger partial charge in [0.25, 0.3) is 0 Å². The Bertz CT molecular complexity index is 552. The molecule has 0 aliphatic rings. The summed E-state index contributed by atoms with van der Waals surface area (Å²) in [6, 6.07) is 14.0. The summed E-state index contributed by atoms with van der Waals surface area (Å²) < 4.78 is 40.8. The molecule has 0 amide bonds. The molecule has 2 rings (SSSR count). The summed E-state index contributed by atoms with van der Waals surface area (Å²) in [6.07, 6.45) is -4.97. The number of benzene rings is 2. The van der Waals surface area contributed by atoms with E-state index in [9.17, 15) is 23.1 Å². The summed E-state index contributed by atoms with van der Waals surface area (Å²) in [4.78, 5) is 11.5. The van der Waals surface area contributed by atoms with Crippen LogP contribution in [0.3, 0.4) is 0 Å². The average molecular weight is 279 g/mol. The number of alkyl halides is 3. The lowest BCUT2D eigenvalue weighted by molar-refractivity contribution is -0.196. The quantitative estimate of drug-likeness (QED) is 0.934. The van der Waals surface area contributed by atoms with E-state index in [1.54, 1.807) is 0 Å². The summed E-state index contributed by atoms with van der Waals surface area (Å²) >= 11 is 0. The first-order chi connectivity index (χ1) is 9.40. The van der Waals surface area contributed by atoms with Crippen molar-refractivity contribution in [2.45, 2.75) is 11.6 Å². The Morgan fingerprint density at radius 2 is 1.45 bits per heavy atom. The van der Waals surface area contributed by atoms with E-state index in [2.05, 4.69) is 6.07 Å². The lowest BCUT2D eigenvalue weighted by Crippen LogP contribution is -2.50. The lowest BCUT2D eigenvalue weighted by Gasteiger charge is -2.32. The van der Waals surface area contributed by atoms with Crippen molar-refractivity contribution in [1.82, 2.24) is 0 Å². The smallest absolute Gasteiger partial charge is 0.412 e. The van der Waals surface area contributed by atoms with Gasteiger partial charge in [-0.25, -0.2) is 0 Å². The van der Waals surface area contributed by atoms with Gasteiger partial charge in [-0.05, 0) is 17.2 Å². The van der Waals surface area contributed by atoms with Crippen LogP contribution in [0.25, 0.3) is 0 Å². The normalized spacial score (nSPS) is 12.2. The fraction of sp³-hybridized carbons (Fsp3) is 0.133. The van der Waals surface area contributed by atoms with E-state index in [1.807, 2.05) is 0 Å². The molecule has 2 aromatic rings. The highest BCUT2D eigenvalue weighted by molar-refractivity contribution is 5.87. The summed E-state index contributed by atoms with van der Waals surface area (Å²) in [5.41, 5.74) is -3.75. The van der Waals surface area contributed by atoms with Crippen LogP contribution < -0.4 is 0 Å². The molecule has 0 fully saturated rings. The van der Waals surface area contributed by atoms with Crippen molar-refractivity contribution < 1.29 is 23.1 Å². The molecule has 1 atom stereocenters. The van der Waals surface area contributed by atoms with Crippen LogP contribution in [0, 0.1) is 6.07 Å². The third-order valence-electron chi connectivity index (χ3n) is 3.10. The Kier molecular flexibility index (Phi) is 3.53. The molecule has 20 heavy (non-hydrogen) atoms. The van der Waals surface area contributed by atoms with Crippen LogP contribution in [0.1, 0.15) is 11.1 Å². The largest absolute Gasteiger partial charge is 0.480 e. The summed E-state index contributed by atoms with van der Waals surface area (Å²) in [6.45, 7) is 0. The first-order valence-electron chi connectivity index (χ1n) is 5.73. The third kappa shape index (κ3) is 2.05. The SMILES string of the molecule is O=C(O)C(c1cc[c]cc1)(c1ccccc1)C(F)(F)F. The van der Waals surface area contributed by atoms with Crippen LogP contribution in [0.2, 0.25) is 0 Å². The van der Waals surface area contributed by atoms with Gasteiger partial charge in [0.05, 0.1) is 0 Å². The first-order valence-corrected chi connectivity index (χ1v) is 5.73. The maximum Gasteiger partial charge on any atom is 0.412 e. The highest BCUT2D eigenvalue weighted by atomic mass is 19.4. The molecule has 1 radical (unpaired) electrons. The number of hydrogen-bond donors (Lipinski definition) is 1. The van der Waals surface area contributed by atoms with Crippen molar-refractivity contribution in [3.63, 3.8) is 0 Å². The third-order valence-corrected chi connectivity index (χ3v) is 3.10. The minimum atomic E-state index is -4.97. The lowest BCUT2D eigenvalue weighted by atomic mass is 9.74. The minimum absolute atomic E-state index is 0.328. The van der Waals surface area contributed by atoms with Crippen molar-refractivity contribution in [3.05, 3.63) is 71.8 Å². The van der Waals surface area contributed by atoms with Crippen molar-refractivity contribution in [1.29, 1.82) is 0 Å². The zero-order valence-corrected chi connectivity index (χ0v) is 10.2. The van der Waals surface area contributed by atoms with Gasteiger partial charge in [-0.2, -0.15) is 13.2 Å². The number of carbonyl (C=O) groups is 1. The second-order valence-corrected chi connectivity index (χ2v) is 4.21. The topological polar surface area (TPSA) is 37.3 Å². The van der Waals surface area contributed by atoms with Crippen molar-refractivity contribution in [2.24, 2.45) is 0 Å². The van der Waals surface area contributed by atoms with E-state index in [-0.39, 0.29) is 11.1 Å². The standard InChI is InChI=1S/C15H10F3O2/c16-15(17,18)14(13(19)20,11-7-3-1-4-8-11)12-9-5-2-6-10-12/h1,3-10H,(H,19,20). The predicted molar refractivity (Wildman–Crippen MR) is 66.2 cm³/mol. The molecule has 0 heterocycles. The molecule has 5 heteroatoms. The second kappa shape index (κ2) is 5.00. The Morgan fingerprint density at radius 3 is 1.90 bits per heavy atom. The summed E-state index contributed by atoms with van der Waals surface area (Å²) in [7, 11) is 0. The maximum absolute atomic E-state index is 13.6. The molecule has 0 aliphatic carbocycles. The fourth-order valence-corrected chi connectivity index (χ4v) is 2.19. The Labute approximate surface area is 113 Å². The average Bonchev–Trinajstić information content (AvgIpc) is 2.40. The van der Waals surface area contributed by atoms with Gasteiger partial charge in [0.15, 0.2) is 0 Å². The molecule has 1 N–H and O–H groups in total. The zero-order valence-electron chi connectivity index (χ0n) is 10.2. The molecule has 0 saturated heterocycles. The number of rotatable bonds is 3. The number of carboxylic acid groups (broad SMARTS) is 1. The van der Waals surface area contributed by atoms with Gasteiger partial charge in [-0.3, -0.25) is 4.79 Å². The molecule has 0 aromatic heterocycles. The van der Waals surface area contributed by atoms with Crippen molar-refractivity contribution >= 4 is 5.97 Å². The van der Waals surface area contributed by atoms with E-state index in [0.717, 1.165) is 12.1 Å². The number of aliphatic carboxylic acids is 1. The van der Waals surface area contributed by atoms with Crippen molar-refractivity contribution in [3.8, 4) is 0 Å². The van der Waals surface area contributed by atoms with Gasteiger partial charge < -0.3 is 5.11 Å². The van der Waals surface area contributed by atoms with Gasteiger partial charge in [0, 0.05) is 0 Å². The van der Waals surface area contributed by atoms with Crippen LogP contribution in [-0.4, -0.2) is 17.3 Å². The molecule has 1 unspecified atom stereocenters. The molecule has 2 aromatic carbocycles. The molecule has 0 spiro atoms. The number of hydrogen-bond acceptors (Lipinski definition) is 1. The van der Waals surface area contributed by atoms with Crippen LogP contribution in [-0.2, 0) is 10.2 Å². The first kappa shape index (κ1) is 14.1. The predicted octanol–water partition coefficient (Wildman–Crippen LogP) is 3.42. The van der Waals surface area contributed by atoms with E-state index in [1.165, 1.54) is 42.5 Å². The Hall–Kier alpha value is -2.30.